The summed E-state index contributed by atoms with van der Waals surface area (Å²) < 4.78 is 0. The number of nitrogens with one attached hydrogen (secondary N) is 1. The normalized spacial score (nSPS) is 12.8. The van der Waals surface area contributed by atoms with Crippen LogP contribution >= 0.6 is 24.8 Å². The third-order valence-corrected chi connectivity index (χ3v) is 3.21. The van der Waals surface area contributed by atoms with Gasteiger partial charge in [-0.25, -0.2) is 0 Å². The lowest BCUT2D eigenvalue weighted by molar-refractivity contribution is -0.122. The number of amides is 1. The Hall–Kier alpha value is -0.810. The molecule has 116 valence electrons. The fourth-order valence-electron chi connectivity index (χ4n) is 1.63. The van der Waals surface area contributed by atoms with E-state index in [1.807, 2.05) is 44.4 Å². The van der Waals surface area contributed by atoms with Crippen molar-refractivity contribution in [3.8, 4) is 0 Å². The molecule has 0 fully saturated rings. The molecule has 6 heteroatoms. The van der Waals surface area contributed by atoms with Gasteiger partial charge in [0.05, 0.1) is 5.92 Å². The summed E-state index contributed by atoms with van der Waals surface area (Å²) in [5.41, 5.74) is 6.67. The van der Waals surface area contributed by atoms with Crippen molar-refractivity contribution in [2.75, 3.05) is 27.2 Å². The second-order valence-corrected chi connectivity index (χ2v) is 4.76. The van der Waals surface area contributed by atoms with Gasteiger partial charge in [-0.1, -0.05) is 30.3 Å². The maximum Gasteiger partial charge on any atom is 0.228 e. The Balaban J connectivity index is 0. The average Bonchev–Trinajstić information content (AvgIpc) is 2.38. The SMILES string of the molecule is CC(CNC(=O)C(CN)c1ccccc1)N(C)C.Cl.Cl. The molecule has 0 aliphatic heterocycles. The van der Waals surface area contributed by atoms with Crippen molar-refractivity contribution in [3.63, 3.8) is 0 Å². The van der Waals surface area contributed by atoms with Crippen LogP contribution in [0, 0.1) is 0 Å². The van der Waals surface area contributed by atoms with Crippen molar-refractivity contribution in [2.45, 2.75) is 18.9 Å². The maximum absolute atomic E-state index is 12.1. The molecule has 4 nitrogen and oxygen atoms in total. The molecule has 0 aliphatic carbocycles. The summed E-state index contributed by atoms with van der Waals surface area (Å²) in [6.07, 6.45) is 0. The van der Waals surface area contributed by atoms with Crippen molar-refractivity contribution in [1.29, 1.82) is 0 Å². The van der Waals surface area contributed by atoms with Gasteiger partial charge in [0.25, 0.3) is 0 Å². The quantitative estimate of drug-likeness (QED) is 0.837. The summed E-state index contributed by atoms with van der Waals surface area (Å²) in [5, 5.41) is 2.95. The lowest BCUT2D eigenvalue weighted by Crippen LogP contribution is -2.41. The van der Waals surface area contributed by atoms with Gasteiger partial charge in [-0.05, 0) is 26.6 Å². The molecule has 0 heterocycles. The molecule has 20 heavy (non-hydrogen) atoms. The minimum atomic E-state index is -0.263. The third-order valence-electron chi connectivity index (χ3n) is 3.21. The number of carbonyl (C=O) groups excluding carboxylic acids is 1. The van der Waals surface area contributed by atoms with Crippen LogP contribution in [-0.4, -0.2) is 44.0 Å². The minimum absolute atomic E-state index is 0. The van der Waals surface area contributed by atoms with E-state index in [1.165, 1.54) is 0 Å². The number of likely N-dealkylation sites (N-methyl/N-ethyl adjacent to an activating group) is 1. The molecule has 0 saturated carbocycles. The highest BCUT2D eigenvalue weighted by Crippen LogP contribution is 2.14. The number of hydrogen-bond donors (Lipinski definition) is 2. The average molecular weight is 322 g/mol. The van der Waals surface area contributed by atoms with E-state index in [0.29, 0.717) is 19.1 Å². The number of carbonyl (C=O) groups is 1. The molecule has 2 unspecified atom stereocenters. The van der Waals surface area contributed by atoms with Crippen LogP contribution in [0.15, 0.2) is 30.3 Å². The first kappa shape index (κ1) is 21.5. The van der Waals surface area contributed by atoms with Crippen molar-refractivity contribution in [2.24, 2.45) is 5.73 Å². The van der Waals surface area contributed by atoms with Crippen LogP contribution in [0.4, 0.5) is 0 Å². The van der Waals surface area contributed by atoms with Gasteiger partial charge in [-0.3, -0.25) is 4.79 Å². The van der Waals surface area contributed by atoms with Crippen LogP contribution in [-0.2, 0) is 4.79 Å². The first-order chi connectivity index (χ1) is 8.56. The zero-order valence-electron chi connectivity index (χ0n) is 12.2. The Kier molecular flexibility index (Phi) is 11.7. The van der Waals surface area contributed by atoms with Crippen molar-refractivity contribution < 1.29 is 4.79 Å². The zero-order valence-corrected chi connectivity index (χ0v) is 13.8. The van der Waals surface area contributed by atoms with E-state index in [1.54, 1.807) is 0 Å². The Morgan fingerprint density at radius 1 is 1.25 bits per heavy atom. The van der Waals surface area contributed by atoms with Gasteiger partial charge in [0.1, 0.15) is 0 Å². The molecular weight excluding hydrogens is 297 g/mol. The summed E-state index contributed by atoms with van der Waals surface area (Å²) in [5.74, 6) is -0.266. The molecular formula is C14H25Cl2N3O. The standard InChI is InChI=1S/C14H23N3O.2ClH/c1-11(17(2)3)10-16-14(18)13(9-15)12-7-5-4-6-8-12;;/h4-8,11,13H,9-10,15H2,1-3H3,(H,16,18);2*1H. The number of nitrogens with zero attached hydrogens (tertiary/aromatic N) is 1. The molecule has 0 bridgehead atoms. The topological polar surface area (TPSA) is 58.4 Å². The van der Waals surface area contributed by atoms with Gasteiger partial charge in [0, 0.05) is 19.1 Å². The Morgan fingerprint density at radius 2 is 1.80 bits per heavy atom. The summed E-state index contributed by atoms with van der Waals surface area (Å²) in [6, 6.07) is 9.96. The van der Waals surface area contributed by atoms with E-state index in [2.05, 4.69) is 17.1 Å². The van der Waals surface area contributed by atoms with Crippen LogP contribution in [0.1, 0.15) is 18.4 Å². The van der Waals surface area contributed by atoms with E-state index in [0.717, 1.165) is 5.56 Å². The molecule has 0 saturated heterocycles. The van der Waals surface area contributed by atoms with Crippen LogP contribution in [0.25, 0.3) is 0 Å². The fourth-order valence-corrected chi connectivity index (χ4v) is 1.63. The van der Waals surface area contributed by atoms with E-state index >= 15 is 0 Å². The van der Waals surface area contributed by atoms with Crippen LogP contribution < -0.4 is 11.1 Å². The molecule has 1 aromatic rings. The van der Waals surface area contributed by atoms with Gasteiger partial charge in [0.2, 0.25) is 5.91 Å². The highest BCUT2D eigenvalue weighted by molar-refractivity contribution is 5.85. The summed E-state index contributed by atoms with van der Waals surface area (Å²) in [7, 11) is 3.99. The Labute approximate surface area is 133 Å². The van der Waals surface area contributed by atoms with Crippen LogP contribution in [0.3, 0.4) is 0 Å². The van der Waals surface area contributed by atoms with E-state index < -0.39 is 0 Å². The monoisotopic (exact) mass is 321 g/mol. The first-order valence-electron chi connectivity index (χ1n) is 6.25. The lowest BCUT2D eigenvalue weighted by atomic mass is 9.98. The predicted molar refractivity (Wildman–Crippen MR) is 88.9 cm³/mol. The molecule has 2 atom stereocenters. The smallest absolute Gasteiger partial charge is 0.228 e. The van der Waals surface area contributed by atoms with E-state index in [-0.39, 0.29) is 36.6 Å². The second kappa shape index (κ2) is 10.9. The summed E-state index contributed by atoms with van der Waals surface area (Å²) in [6.45, 7) is 3.03. The Morgan fingerprint density at radius 3 is 2.25 bits per heavy atom. The van der Waals surface area contributed by atoms with Gasteiger partial charge in [-0.2, -0.15) is 0 Å². The molecule has 1 aromatic carbocycles. The number of nitrogens with two attached hydrogens (primary N) is 1. The molecule has 1 amide bonds. The van der Waals surface area contributed by atoms with Crippen molar-refractivity contribution in [1.82, 2.24) is 10.2 Å². The van der Waals surface area contributed by atoms with Gasteiger partial charge >= 0.3 is 0 Å². The lowest BCUT2D eigenvalue weighted by Gasteiger charge is -2.22. The highest BCUT2D eigenvalue weighted by Gasteiger charge is 2.19. The van der Waals surface area contributed by atoms with Crippen molar-refractivity contribution >= 4 is 30.7 Å². The van der Waals surface area contributed by atoms with Crippen LogP contribution in [0.2, 0.25) is 0 Å². The van der Waals surface area contributed by atoms with Crippen LogP contribution in [0.5, 0.6) is 0 Å². The fraction of sp³-hybridized carbons (Fsp3) is 0.500. The highest BCUT2D eigenvalue weighted by atomic mass is 35.5. The zero-order chi connectivity index (χ0) is 13.5. The van der Waals surface area contributed by atoms with Gasteiger partial charge in [0.15, 0.2) is 0 Å². The van der Waals surface area contributed by atoms with Gasteiger partial charge in [-0.15, -0.1) is 24.8 Å². The number of rotatable bonds is 6. The maximum atomic E-state index is 12.1. The summed E-state index contributed by atoms with van der Waals surface area (Å²) >= 11 is 0. The number of halogens is 2. The predicted octanol–water partition coefficient (Wildman–Crippen LogP) is 1.64. The van der Waals surface area contributed by atoms with E-state index in [4.69, 9.17) is 5.73 Å². The molecule has 1 rings (SSSR count). The Bertz CT molecular complexity index is 374. The number of hydrogen-bond acceptors (Lipinski definition) is 3. The number of benzene rings is 1. The molecule has 3 N–H and O–H groups in total. The first-order valence-corrected chi connectivity index (χ1v) is 6.25. The van der Waals surface area contributed by atoms with Gasteiger partial charge < -0.3 is 16.0 Å². The summed E-state index contributed by atoms with van der Waals surface area (Å²) in [4.78, 5) is 14.2. The third kappa shape index (κ3) is 6.57. The van der Waals surface area contributed by atoms with E-state index in [9.17, 15) is 4.79 Å². The molecule has 0 spiro atoms. The molecule has 0 aromatic heterocycles. The minimum Gasteiger partial charge on any atom is -0.354 e. The second-order valence-electron chi connectivity index (χ2n) is 4.76. The molecule has 0 aliphatic rings. The largest absolute Gasteiger partial charge is 0.354 e. The van der Waals surface area contributed by atoms with Crippen molar-refractivity contribution in [3.05, 3.63) is 35.9 Å². The molecule has 0 radical (unpaired) electrons.